The van der Waals surface area contributed by atoms with E-state index in [0.717, 1.165) is 44.2 Å². The smallest absolute Gasteiger partial charge is 0.151 e. The Bertz CT molecular complexity index is 401. The van der Waals surface area contributed by atoms with Crippen LogP contribution in [-0.4, -0.2) is 53.9 Å². The largest absolute Gasteiger partial charge is 0.352 e. The van der Waals surface area contributed by atoms with Gasteiger partial charge in [-0.25, -0.2) is 0 Å². The van der Waals surface area contributed by atoms with Gasteiger partial charge in [-0.05, 0) is 39.6 Å². The average Bonchev–Trinajstić information content (AvgIpc) is 2.40. The average molecular weight is 263 g/mol. The first kappa shape index (κ1) is 14.2. The van der Waals surface area contributed by atoms with Crippen molar-refractivity contribution in [2.75, 3.05) is 38.1 Å². The summed E-state index contributed by atoms with van der Waals surface area (Å²) in [6, 6.07) is 4.15. The van der Waals surface area contributed by atoms with Gasteiger partial charge in [-0.15, -0.1) is 5.10 Å². The first-order chi connectivity index (χ1) is 9.03. The number of anilines is 1. The third-order valence-electron chi connectivity index (χ3n) is 3.90. The molecule has 1 aliphatic rings. The number of piperazine rings is 1. The highest BCUT2D eigenvalue weighted by atomic mass is 15.3. The summed E-state index contributed by atoms with van der Waals surface area (Å²) in [5, 5.41) is 11.9. The molecule has 1 aromatic heterocycles. The van der Waals surface area contributed by atoms with Crippen LogP contribution in [0.25, 0.3) is 0 Å². The molecule has 0 spiro atoms. The standard InChI is InChI=1S/C14H25N5/c1-5-15-10-12-6-7-13(17-16-12)19-9-8-18(4)14(2,3)11-19/h6-7,15H,5,8-11H2,1-4H3. The van der Waals surface area contributed by atoms with Crippen LogP contribution in [0.2, 0.25) is 0 Å². The summed E-state index contributed by atoms with van der Waals surface area (Å²) in [6.45, 7) is 11.4. The van der Waals surface area contributed by atoms with E-state index in [2.05, 4.69) is 65.3 Å². The van der Waals surface area contributed by atoms with Crippen LogP contribution in [0, 0.1) is 0 Å². The zero-order chi connectivity index (χ0) is 13.9. The summed E-state index contributed by atoms with van der Waals surface area (Å²) >= 11 is 0. The van der Waals surface area contributed by atoms with Crippen molar-refractivity contribution >= 4 is 5.82 Å². The summed E-state index contributed by atoms with van der Waals surface area (Å²) in [5.74, 6) is 0.987. The zero-order valence-corrected chi connectivity index (χ0v) is 12.5. The van der Waals surface area contributed by atoms with Crippen molar-refractivity contribution < 1.29 is 0 Å². The van der Waals surface area contributed by atoms with Gasteiger partial charge in [0.05, 0.1) is 5.69 Å². The monoisotopic (exact) mass is 263 g/mol. The Kier molecular flexibility index (Phi) is 4.37. The van der Waals surface area contributed by atoms with Gasteiger partial charge in [-0.1, -0.05) is 6.92 Å². The molecule has 0 bridgehead atoms. The lowest BCUT2D eigenvalue weighted by molar-refractivity contribution is 0.138. The van der Waals surface area contributed by atoms with E-state index in [1.807, 2.05) is 0 Å². The molecule has 0 saturated carbocycles. The fraction of sp³-hybridized carbons (Fsp3) is 0.714. The van der Waals surface area contributed by atoms with Crippen LogP contribution in [-0.2, 0) is 6.54 Å². The normalized spacial score (nSPS) is 19.7. The molecule has 2 rings (SSSR count). The predicted octanol–water partition coefficient (Wildman–Crippen LogP) is 1.12. The van der Waals surface area contributed by atoms with E-state index >= 15 is 0 Å². The number of hydrogen-bond donors (Lipinski definition) is 1. The maximum Gasteiger partial charge on any atom is 0.151 e. The van der Waals surface area contributed by atoms with E-state index in [9.17, 15) is 0 Å². The number of rotatable bonds is 4. The summed E-state index contributed by atoms with van der Waals surface area (Å²) < 4.78 is 0. The Morgan fingerprint density at radius 2 is 2.05 bits per heavy atom. The maximum atomic E-state index is 4.36. The van der Waals surface area contributed by atoms with Gasteiger partial charge in [0.15, 0.2) is 5.82 Å². The van der Waals surface area contributed by atoms with Crippen LogP contribution in [0.4, 0.5) is 5.82 Å². The summed E-state index contributed by atoms with van der Waals surface area (Å²) in [7, 11) is 2.18. The summed E-state index contributed by atoms with van der Waals surface area (Å²) in [5.41, 5.74) is 1.18. The molecule has 0 radical (unpaired) electrons. The van der Waals surface area contributed by atoms with E-state index in [1.54, 1.807) is 0 Å². The van der Waals surface area contributed by atoms with Gasteiger partial charge in [0.1, 0.15) is 0 Å². The van der Waals surface area contributed by atoms with Gasteiger partial charge in [-0.2, -0.15) is 5.10 Å². The van der Waals surface area contributed by atoms with E-state index in [1.165, 1.54) is 0 Å². The molecule has 19 heavy (non-hydrogen) atoms. The van der Waals surface area contributed by atoms with Crippen LogP contribution < -0.4 is 10.2 Å². The van der Waals surface area contributed by atoms with E-state index in [4.69, 9.17) is 0 Å². The van der Waals surface area contributed by atoms with Crippen LogP contribution in [0.3, 0.4) is 0 Å². The highest BCUT2D eigenvalue weighted by Crippen LogP contribution is 2.22. The molecule has 0 aromatic carbocycles. The van der Waals surface area contributed by atoms with Crippen LogP contribution in [0.15, 0.2) is 12.1 Å². The van der Waals surface area contributed by atoms with Crippen molar-refractivity contribution in [3.8, 4) is 0 Å². The summed E-state index contributed by atoms with van der Waals surface area (Å²) in [4.78, 5) is 4.72. The first-order valence-corrected chi connectivity index (χ1v) is 7.02. The van der Waals surface area contributed by atoms with Gasteiger partial charge in [0.25, 0.3) is 0 Å². The van der Waals surface area contributed by atoms with Gasteiger partial charge in [-0.3, -0.25) is 4.90 Å². The van der Waals surface area contributed by atoms with Crippen molar-refractivity contribution in [3.05, 3.63) is 17.8 Å². The van der Waals surface area contributed by atoms with Crippen molar-refractivity contribution in [2.45, 2.75) is 32.9 Å². The first-order valence-electron chi connectivity index (χ1n) is 7.02. The molecule has 5 heteroatoms. The minimum Gasteiger partial charge on any atom is -0.352 e. The Hall–Kier alpha value is -1.20. The van der Waals surface area contributed by atoms with Gasteiger partial charge < -0.3 is 10.2 Å². The van der Waals surface area contributed by atoms with Gasteiger partial charge in [0.2, 0.25) is 0 Å². The predicted molar refractivity (Wildman–Crippen MR) is 78.3 cm³/mol. The van der Waals surface area contributed by atoms with Crippen molar-refractivity contribution in [1.29, 1.82) is 0 Å². The second-order valence-electron chi connectivity index (χ2n) is 5.82. The van der Waals surface area contributed by atoms with Crippen LogP contribution in [0.5, 0.6) is 0 Å². The Morgan fingerprint density at radius 1 is 1.26 bits per heavy atom. The molecule has 1 N–H and O–H groups in total. The minimum absolute atomic E-state index is 0.183. The molecule has 0 atom stereocenters. The molecule has 1 fully saturated rings. The molecule has 1 aromatic rings. The van der Waals surface area contributed by atoms with Gasteiger partial charge >= 0.3 is 0 Å². The molecule has 5 nitrogen and oxygen atoms in total. The molecular weight excluding hydrogens is 238 g/mol. The third kappa shape index (κ3) is 3.42. The van der Waals surface area contributed by atoms with Crippen molar-refractivity contribution in [2.24, 2.45) is 0 Å². The fourth-order valence-corrected chi connectivity index (χ4v) is 2.30. The number of hydrogen-bond acceptors (Lipinski definition) is 5. The SMILES string of the molecule is CCNCc1ccc(N2CCN(C)C(C)(C)C2)nn1. The number of aromatic nitrogens is 2. The summed E-state index contributed by atoms with van der Waals surface area (Å²) in [6.07, 6.45) is 0. The van der Waals surface area contributed by atoms with Crippen molar-refractivity contribution in [3.63, 3.8) is 0 Å². The topological polar surface area (TPSA) is 44.3 Å². The van der Waals surface area contributed by atoms with Gasteiger partial charge in [0, 0.05) is 31.7 Å². The Labute approximate surface area is 116 Å². The minimum atomic E-state index is 0.183. The van der Waals surface area contributed by atoms with Crippen LogP contribution >= 0.6 is 0 Å². The lowest BCUT2D eigenvalue weighted by atomic mass is 10.00. The lowest BCUT2D eigenvalue weighted by Crippen LogP contribution is -2.57. The molecule has 0 aliphatic carbocycles. The fourth-order valence-electron chi connectivity index (χ4n) is 2.30. The Balaban J connectivity index is 2.02. The second kappa shape index (κ2) is 5.84. The number of likely N-dealkylation sites (N-methyl/N-ethyl adjacent to an activating group) is 1. The highest BCUT2D eigenvalue weighted by molar-refractivity contribution is 5.39. The van der Waals surface area contributed by atoms with E-state index in [-0.39, 0.29) is 5.54 Å². The molecule has 1 aliphatic heterocycles. The highest BCUT2D eigenvalue weighted by Gasteiger charge is 2.31. The van der Waals surface area contributed by atoms with Crippen molar-refractivity contribution in [1.82, 2.24) is 20.4 Å². The van der Waals surface area contributed by atoms with Crippen LogP contribution in [0.1, 0.15) is 26.5 Å². The molecular formula is C14H25N5. The Morgan fingerprint density at radius 3 is 2.63 bits per heavy atom. The number of nitrogens with one attached hydrogen (secondary N) is 1. The molecule has 0 amide bonds. The molecule has 106 valence electrons. The molecule has 1 saturated heterocycles. The van der Waals surface area contributed by atoms with E-state index < -0.39 is 0 Å². The lowest BCUT2D eigenvalue weighted by Gasteiger charge is -2.45. The zero-order valence-electron chi connectivity index (χ0n) is 12.5. The quantitative estimate of drug-likeness (QED) is 0.882. The molecule has 2 heterocycles. The number of nitrogens with zero attached hydrogens (tertiary/aromatic N) is 4. The van der Waals surface area contributed by atoms with E-state index in [0.29, 0.717) is 0 Å². The molecule has 0 unspecified atom stereocenters. The maximum absolute atomic E-state index is 4.36. The second-order valence-corrected chi connectivity index (χ2v) is 5.82. The third-order valence-corrected chi connectivity index (χ3v) is 3.90.